The van der Waals surface area contributed by atoms with Gasteiger partial charge in [-0.3, -0.25) is 9.59 Å². The van der Waals surface area contributed by atoms with Crippen molar-refractivity contribution in [3.63, 3.8) is 0 Å². The minimum absolute atomic E-state index is 0.0889. The van der Waals surface area contributed by atoms with E-state index < -0.39 is 23.1 Å². The molecule has 2 aromatic carbocycles. The number of amides is 1. The molecule has 0 saturated carbocycles. The highest BCUT2D eigenvalue weighted by molar-refractivity contribution is 9.10. The Labute approximate surface area is 155 Å². The molecule has 26 heavy (non-hydrogen) atoms. The molecule has 132 valence electrons. The zero-order valence-electron chi connectivity index (χ0n) is 13.2. The van der Waals surface area contributed by atoms with Crippen molar-refractivity contribution >= 4 is 27.5 Å². The van der Waals surface area contributed by atoms with E-state index in [1.54, 1.807) is 6.07 Å². The zero-order valence-corrected chi connectivity index (χ0v) is 14.8. The molecule has 8 heteroatoms. The Bertz CT molecular complexity index is 1020. The molecule has 0 unspecified atom stereocenters. The predicted molar refractivity (Wildman–Crippen MR) is 96.6 cm³/mol. The lowest BCUT2D eigenvalue weighted by atomic mass is 10.1. The number of anilines is 1. The molecule has 1 heterocycles. The Morgan fingerprint density at radius 3 is 2.46 bits per heavy atom. The van der Waals surface area contributed by atoms with Gasteiger partial charge in [0.05, 0.1) is 5.69 Å². The van der Waals surface area contributed by atoms with Crippen molar-refractivity contribution in [2.45, 2.75) is 6.54 Å². The molecule has 0 aliphatic rings. The third kappa shape index (κ3) is 4.20. The molecule has 3 aromatic rings. The SMILES string of the molecule is O=C(Cn1nc(-c2ccc(Br)cc2)ccc1=O)Nc1ccc(F)c(F)c1. The molecular formula is C18H12BrF2N3O2. The Kier molecular flexibility index (Phi) is 5.22. The normalized spacial score (nSPS) is 10.6. The number of halogens is 3. The van der Waals surface area contributed by atoms with Crippen LogP contribution < -0.4 is 10.9 Å². The predicted octanol–water partition coefficient (Wildman–Crippen LogP) is 3.59. The molecule has 0 spiro atoms. The number of nitrogens with one attached hydrogen (secondary N) is 1. The van der Waals surface area contributed by atoms with E-state index in [9.17, 15) is 18.4 Å². The molecule has 1 N–H and O–H groups in total. The second-order valence-corrected chi connectivity index (χ2v) is 6.31. The fraction of sp³-hybridized carbons (Fsp3) is 0.0556. The molecule has 0 aliphatic carbocycles. The lowest BCUT2D eigenvalue weighted by Crippen LogP contribution is -2.29. The summed E-state index contributed by atoms with van der Waals surface area (Å²) < 4.78 is 28.0. The Balaban J connectivity index is 1.79. The van der Waals surface area contributed by atoms with Crippen molar-refractivity contribution < 1.29 is 13.6 Å². The quantitative estimate of drug-likeness (QED) is 0.702. The standard InChI is InChI=1S/C18H12BrF2N3O2/c19-12-3-1-11(2-4-12)16-7-8-18(26)24(23-16)10-17(25)22-13-5-6-14(20)15(21)9-13/h1-9H,10H2,(H,22,25). The van der Waals surface area contributed by atoms with E-state index in [4.69, 9.17) is 0 Å². The first-order valence-electron chi connectivity index (χ1n) is 7.51. The molecule has 0 bridgehead atoms. The molecule has 0 radical (unpaired) electrons. The number of hydrogen-bond donors (Lipinski definition) is 1. The summed E-state index contributed by atoms with van der Waals surface area (Å²) in [6.45, 7) is -0.359. The van der Waals surface area contributed by atoms with Crippen LogP contribution in [-0.2, 0) is 11.3 Å². The lowest BCUT2D eigenvalue weighted by Gasteiger charge is -2.09. The van der Waals surface area contributed by atoms with Gasteiger partial charge in [0.15, 0.2) is 11.6 Å². The van der Waals surface area contributed by atoms with Gasteiger partial charge in [-0.15, -0.1) is 0 Å². The van der Waals surface area contributed by atoms with Crippen LogP contribution in [0.5, 0.6) is 0 Å². The molecule has 0 fully saturated rings. The molecule has 3 rings (SSSR count). The minimum atomic E-state index is -1.07. The maximum absolute atomic E-state index is 13.2. The van der Waals surface area contributed by atoms with E-state index in [-0.39, 0.29) is 12.2 Å². The first kappa shape index (κ1) is 17.9. The Morgan fingerprint density at radius 2 is 1.77 bits per heavy atom. The van der Waals surface area contributed by atoms with Gasteiger partial charge in [-0.1, -0.05) is 28.1 Å². The van der Waals surface area contributed by atoms with Crippen molar-refractivity contribution in [2.24, 2.45) is 0 Å². The molecule has 1 amide bonds. The summed E-state index contributed by atoms with van der Waals surface area (Å²) >= 11 is 3.34. The molecule has 0 aliphatic heterocycles. The van der Waals surface area contributed by atoms with Crippen LogP contribution >= 0.6 is 15.9 Å². The first-order chi connectivity index (χ1) is 12.4. The molecule has 5 nitrogen and oxygen atoms in total. The summed E-state index contributed by atoms with van der Waals surface area (Å²) in [4.78, 5) is 24.0. The van der Waals surface area contributed by atoms with Gasteiger partial charge in [-0.2, -0.15) is 5.10 Å². The maximum atomic E-state index is 13.2. The highest BCUT2D eigenvalue weighted by Crippen LogP contribution is 2.19. The van der Waals surface area contributed by atoms with Gasteiger partial charge < -0.3 is 5.32 Å². The smallest absolute Gasteiger partial charge is 0.267 e. The van der Waals surface area contributed by atoms with E-state index in [0.717, 1.165) is 26.9 Å². The van der Waals surface area contributed by atoms with Gasteiger partial charge in [0, 0.05) is 27.9 Å². The fourth-order valence-corrected chi connectivity index (χ4v) is 2.51. The van der Waals surface area contributed by atoms with Crippen LogP contribution in [0.25, 0.3) is 11.3 Å². The van der Waals surface area contributed by atoms with Crippen molar-refractivity contribution in [3.8, 4) is 11.3 Å². The monoisotopic (exact) mass is 419 g/mol. The lowest BCUT2D eigenvalue weighted by molar-refractivity contribution is -0.117. The van der Waals surface area contributed by atoms with Crippen LogP contribution in [0.1, 0.15) is 0 Å². The minimum Gasteiger partial charge on any atom is -0.324 e. The number of nitrogens with zero attached hydrogens (tertiary/aromatic N) is 2. The van der Waals surface area contributed by atoms with Crippen LogP contribution in [0.3, 0.4) is 0 Å². The van der Waals surface area contributed by atoms with Crippen LogP contribution in [0.2, 0.25) is 0 Å². The van der Waals surface area contributed by atoms with Crippen molar-refractivity contribution in [3.05, 3.63) is 81.1 Å². The second-order valence-electron chi connectivity index (χ2n) is 5.40. The summed E-state index contributed by atoms with van der Waals surface area (Å²) in [5, 5.41) is 6.58. The van der Waals surface area contributed by atoms with Crippen LogP contribution in [0.4, 0.5) is 14.5 Å². The van der Waals surface area contributed by atoms with Gasteiger partial charge in [-0.25, -0.2) is 13.5 Å². The highest BCUT2D eigenvalue weighted by atomic mass is 79.9. The van der Waals surface area contributed by atoms with Gasteiger partial charge >= 0.3 is 0 Å². The average Bonchev–Trinajstić information content (AvgIpc) is 2.61. The van der Waals surface area contributed by atoms with Gasteiger partial charge in [0.1, 0.15) is 6.54 Å². The number of carbonyl (C=O) groups is 1. The molecule has 0 saturated heterocycles. The van der Waals surface area contributed by atoms with Crippen LogP contribution in [0.15, 0.2) is 63.9 Å². The number of aromatic nitrogens is 2. The average molecular weight is 420 g/mol. The highest BCUT2D eigenvalue weighted by Gasteiger charge is 2.10. The van der Waals surface area contributed by atoms with Crippen molar-refractivity contribution in [2.75, 3.05) is 5.32 Å². The number of rotatable bonds is 4. The summed E-state index contributed by atoms with van der Waals surface area (Å²) in [6.07, 6.45) is 0. The van der Waals surface area contributed by atoms with Crippen molar-refractivity contribution in [1.82, 2.24) is 9.78 Å². The van der Waals surface area contributed by atoms with E-state index in [0.29, 0.717) is 5.69 Å². The largest absolute Gasteiger partial charge is 0.324 e. The van der Waals surface area contributed by atoms with E-state index in [1.807, 2.05) is 24.3 Å². The van der Waals surface area contributed by atoms with Gasteiger partial charge in [0.25, 0.3) is 5.56 Å². The van der Waals surface area contributed by atoms with E-state index >= 15 is 0 Å². The Hall–Kier alpha value is -2.87. The first-order valence-corrected chi connectivity index (χ1v) is 8.31. The number of carbonyl (C=O) groups excluding carboxylic acids is 1. The van der Waals surface area contributed by atoms with Crippen LogP contribution in [0, 0.1) is 11.6 Å². The van der Waals surface area contributed by atoms with Crippen molar-refractivity contribution in [1.29, 1.82) is 0 Å². The number of benzene rings is 2. The third-order valence-electron chi connectivity index (χ3n) is 3.50. The fourth-order valence-electron chi connectivity index (χ4n) is 2.25. The third-order valence-corrected chi connectivity index (χ3v) is 4.03. The summed E-state index contributed by atoms with van der Waals surface area (Å²) in [5.74, 6) is -2.67. The van der Waals surface area contributed by atoms with E-state index in [2.05, 4.69) is 26.3 Å². The molecular weight excluding hydrogens is 408 g/mol. The van der Waals surface area contributed by atoms with E-state index in [1.165, 1.54) is 12.1 Å². The zero-order chi connectivity index (χ0) is 18.7. The molecule has 1 aromatic heterocycles. The Morgan fingerprint density at radius 1 is 1.04 bits per heavy atom. The van der Waals surface area contributed by atoms with Gasteiger partial charge in [0.2, 0.25) is 5.91 Å². The molecule has 0 atom stereocenters. The summed E-state index contributed by atoms with van der Waals surface area (Å²) in [6, 6.07) is 13.2. The number of hydrogen-bond acceptors (Lipinski definition) is 3. The van der Waals surface area contributed by atoms with Gasteiger partial charge in [-0.05, 0) is 30.3 Å². The summed E-state index contributed by atoms with van der Waals surface area (Å²) in [5.41, 5.74) is 0.943. The second kappa shape index (κ2) is 7.57. The topological polar surface area (TPSA) is 64.0 Å². The summed E-state index contributed by atoms with van der Waals surface area (Å²) in [7, 11) is 0. The maximum Gasteiger partial charge on any atom is 0.267 e. The van der Waals surface area contributed by atoms with Crippen LogP contribution in [-0.4, -0.2) is 15.7 Å².